The average Bonchev–Trinajstić information content (AvgIpc) is 2.52. The Morgan fingerprint density at radius 3 is 2.57 bits per heavy atom. The van der Waals surface area contributed by atoms with Crippen molar-refractivity contribution >= 4 is 11.0 Å². The van der Waals surface area contributed by atoms with Gasteiger partial charge in [-0.05, 0) is 24.6 Å². The molecule has 1 heterocycles. The molecule has 0 aliphatic carbocycles. The Hall–Kier alpha value is -2.55. The molecule has 0 bridgehead atoms. The second kappa shape index (κ2) is 5.44. The molecule has 0 saturated carbocycles. The number of aryl methyl sites for hydroxylation is 1. The van der Waals surface area contributed by atoms with Crippen molar-refractivity contribution < 1.29 is 9.15 Å². The minimum atomic E-state index is 0.0280. The van der Waals surface area contributed by atoms with Gasteiger partial charge in [-0.2, -0.15) is 0 Å². The first-order chi connectivity index (χ1) is 10.2. The predicted octanol–water partition coefficient (Wildman–Crippen LogP) is 3.70. The predicted molar refractivity (Wildman–Crippen MR) is 83.0 cm³/mol. The summed E-state index contributed by atoms with van der Waals surface area (Å²) < 4.78 is 11.0. The highest BCUT2D eigenvalue weighted by Crippen LogP contribution is 2.22. The molecule has 0 aliphatic rings. The zero-order valence-electron chi connectivity index (χ0n) is 12.1. The van der Waals surface area contributed by atoms with Crippen LogP contribution in [0.15, 0.2) is 57.7 Å². The van der Waals surface area contributed by atoms with Crippen LogP contribution in [0.25, 0.3) is 11.0 Å². The van der Waals surface area contributed by atoms with Crippen molar-refractivity contribution in [2.45, 2.75) is 13.3 Å². The number of hydrogen-bond donors (Lipinski definition) is 0. The van der Waals surface area contributed by atoms with Crippen LogP contribution in [0.3, 0.4) is 0 Å². The lowest BCUT2D eigenvalue weighted by molar-refractivity contribution is 0.414. The van der Waals surface area contributed by atoms with E-state index in [1.54, 1.807) is 25.3 Å². The van der Waals surface area contributed by atoms with E-state index in [-0.39, 0.29) is 5.43 Å². The van der Waals surface area contributed by atoms with Crippen molar-refractivity contribution in [1.82, 2.24) is 0 Å². The normalized spacial score (nSPS) is 10.8. The largest absolute Gasteiger partial charge is 0.497 e. The number of methoxy groups -OCH3 is 1. The summed E-state index contributed by atoms with van der Waals surface area (Å²) in [6, 6.07) is 15.2. The van der Waals surface area contributed by atoms with Crippen molar-refractivity contribution in [2.24, 2.45) is 0 Å². The van der Waals surface area contributed by atoms with E-state index in [0.717, 1.165) is 5.56 Å². The zero-order valence-corrected chi connectivity index (χ0v) is 12.1. The molecule has 0 amide bonds. The smallest absolute Gasteiger partial charge is 0.196 e. The molecule has 21 heavy (non-hydrogen) atoms. The van der Waals surface area contributed by atoms with Gasteiger partial charge in [0.25, 0.3) is 0 Å². The van der Waals surface area contributed by atoms with Crippen molar-refractivity contribution in [3.05, 3.63) is 75.6 Å². The first-order valence-corrected chi connectivity index (χ1v) is 6.83. The maximum Gasteiger partial charge on any atom is 0.196 e. The van der Waals surface area contributed by atoms with Gasteiger partial charge in [0, 0.05) is 18.1 Å². The fourth-order valence-corrected chi connectivity index (χ4v) is 2.46. The van der Waals surface area contributed by atoms with Crippen molar-refractivity contribution in [3.8, 4) is 5.75 Å². The van der Waals surface area contributed by atoms with Gasteiger partial charge in [0.15, 0.2) is 5.43 Å². The van der Waals surface area contributed by atoms with Gasteiger partial charge in [-0.15, -0.1) is 0 Å². The van der Waals surface area contributed by atoms with Crippen LogP contribution in [-0.2, 0) is 6.42 Å². The average molecular weight is 280 g/mol. The van der Waals surface area contributed by atoms with E-state index in [9.17, 15) is 4.79 Å². The lowest BCUT2D eigenvalue weighted by Crippen LogP contribution is -2.12. The van der Waals surface area contributed by atoms with Gasteiger partial charge in [-0.25, -0.2) is 0 Å². The van der Waals surface area contributed by atoms with Crippen LogP contribution in [0.5, 0.6) is 5.75 Å². The number of benzene rings is 2. The molecular formula is C18H16O3. The summed E-state index contributed by atoms with van der Waals surface area (Å²) in [7, 11) is 1.59. The van der Waals surface area contributed by atoms with Crippen molar-refractivity contribution in [3.63, 3.8) is 0 Å². The second-order valence-corrected chi connectivity index (χ2v) is 4.99. The summed E-state index contributed by atoms with van der Waals surface area (Å²) in [5.41, 5.74) is 2.40. The molecule has 3 heteroatoms. The van der Waals surface area contributed by atoms with Gasteiger partial charge in [0.05, 0.1) is 12.5 Å². The molecule has 0 saturated heterocycles. The van der Waals surface area contributed by atoms with E-state index in [0.29, 0.717) is 34.5 Å². The Labute approximate surface area is 122 Å². The second-order valence-electron chi connectivity index (χ2n) is 4.99. The van der Waals surface area contributed by atoms with E-state index in [1.165, 1.54) is 0 Å². The van der Waals surface area contributed by atoms with E-state index in [4.69, 9.17) is 9.15 Å². The summed E-state index contributed by atoms with van der Waals surface area (Å²) >= 11 is 0. The Bertz CT molecular complexity index is 832. The molecule has 0 unspecified atom stereocenters. The van der Waals surface area contributed by atoms with Crippen LogP contribution in [0, 0.1) is 6.92 Å². The third-order valence-corrected chi connectivity index (χ3v) is 3.62. The highest BCUT2D eigenvalue weighted by molar-refractivity contribution is 5.78. The van der Waals surface area contributed by atoms with E-state index >= 15 is 0 Å². The van der Waals surface area contributed by atoms with Gasteiger partial charge < -0.3 is 9.15 Å². The Morgan fingerprint density at radius 2 is 1.86 bits per heavy atom. The third kappa shape index (κ3) is 2.55. The number of rotatable bonds is 3. The lowest BCUT2D eigenvalue weighted by atomic mass is 10.0. The molecule has 0 fully saturated rings. The van der Waals surface area contributed by atoms with Gasteiger partial charge in [-0.1, -0.05) is 30.3 Å². The Morgan fingerprint density at radius 1 is 1.10 bits per heavy atom. The summed E-state index contributed by atoms with van der Waals surface area (Å²) in [5.74, 6) is 1.34. The molecule has 0 atom stereocenters. The zero-order chi connectivity index (χ0) is 14.8. The van der Waals surface area contributed by atoms with Crippen LogP contribution >= 0.6 is 0 Å². The first kappa shape index (κ1) is 13.4. The molecule has 0 radical (unpaired) electrons. The molecule has 0 aliphatic heterocycles. The Balaban J connectivity index is 2.14. The minimum Gasteiger partial charge on any atom is -0.497 e. The van der Waals surface area contributed by atoms with Gasteiger partial charge >= 0.3 is 0 Å². The summed E-state index contributed by atoms with van der Waals surface area (Å²) in [5, 5.41) is 0.590. The third-order valence-electron chi connectivity index (χ3n) is 3.62. The monoisotopic (exact) mass is 280 g/mol. The van der Waals surface area contributed by atoms with Crippen molar-refractivity contribution in [1.29, 1.82) is 0 Å². The molecule has 3 aromatic rings. The summed E-state index contributed by atoms with van der Waals surface area (Å²) in [6.07, 6.45) is 0.580. The topological polar surface area (TPSA) is 39.4 Å². The van der Waals surface area contributed by atoms with Crippen LogP contribution in [0.4, 0.5) is 0 Å². The highest BCUT2D eigenvalue weighted by Gasteiger charge is 2.12. The molecule has 0 spiro atoms. The Kier molecular flexibility index (Phi) is 3.48. The van der Waals surface area contributed by atoms with Gasteiger partial charge in [-0.3, -0.25) is 4.79 Å². The fourth-order valence-electron chi connectivity index (χ4n) is 2.46. The van der Waals surface area contributed by atoms with Crippen molar-refractivity contribution in [2.75, 3.05) is 7.11 Å². The molecular weight excluding hydrogens is 264 g/mol. The number of hydrogen-bond acceptors (Lipinski definition) is 3. The minimum absolute atomic E-state index is 0.0280. The summed E-state index contributed by atoms with van der Waals surface area (Å²) in [4.78, 5) is 12.7. The van der Waals surface area contributed by atoms with Crippen LogP contribution in [0.2, 0.25) is 0 Å². The van der Waals surface area contributed by atoms with Gasteiger partial charge in [0.2, 0.25) is 0 Å². The van der Waals surface area contributed by atoms with E-state index in [1.807, 2.05) is 37.3 Å². The maximum atomic E-state index is 12.7. The summed E-state index contributed by atoms with van der Waals surface area (Å²) in [6.45, 7) is 1.83. The molecule has 0 N–H and O–H groups in total. The lowest BCUT2D eigenvalue weighted by Gasteiger charge is -2.08. The standard InChI is InChI=1S/C18H16O3/c1-12-16(10-13-6-4-3-5-7-13)18(19)15-9-8-14(20-2)11-17(15)21-12/h3-9,11H,10H2,1-2H3. The van der Waals surface area contributed by atoms with E-state index < -0.39 is 0 Å². The van der Waals surface area contributed by atoms with Crippen LogP contribution in [0.1, 0.15) is 16.9 Å². The highest BCUT2D eigenvalue weighted by atomic mass is 16.5. The molecule has 3 nitrogen and oxygen atoms in total. The first-order valence-electron chi connectivity index (χ1n) is 6.83. The fraction of sp³-hybridized carbons (Fsp3) is 0.167. The number of fused-ring (bicyclic) bond motifs is 1. The number of ether oxygens (including phenoxy) is 1. The molecule has 106 valence electrons. The maximum absolute atomic E-state index is 12.7. The molecule has 3 rings (SSSR count). The SMILES string of the molecule is COc1ccc2c(=O)c(Cc3ccccc3)c(C)oc2c1. The molecule has 2 aromatic carbocycles. The molecule has 1 aromatic heterocycles. The van der Waals surface area contributed by atoms with Crippen LogP contribution < -0.4 is 10.2 Å². The van der Waals surface area contributed by atoms with Crippen LogP contribution in [-0.4, -0.2) is 7.11 Å². The quantitative estimate of drug-likeness (QED) is 0.734. The van der Waals surface area contributed by atoms with Gasteiger partial charge in [0.1, 0.15) is 17.1 Å². The van der Waals surface area contributed by atoms with E-state index in [2.05, 4.69) is 0 Å².